The Labute approximate surface area is 123 Å². The number of hydrogen-bond donors (Lipinski definition) is 0. The molecule has 108 valence electrons. The van der Waals surface area contributed by atoms with E-state index in [9.17, 15) is 4.79 Å². The van der Waals surface area contributed by atoms with Crippen LogP contribution in [0.15, 0.2) is 24.4 Å². The highest BCUT2D eigenvalue weighted by atomic mass is 16.5. The second-order valence-corrected chi connectivity index (χ2v) is 4.85. The van der Waals surface area contributed by atoms with Crippen LogP contribution in [0.1, 0.15) is 27.9 Å². The van der Waals surface area contributed by atoms with Gasteiger partial charge in [0.1, 0.15) is 11.3 Å². The lowest BCUT2D eigenvalue weighted by atomic mass is 10.0. The zero-order valence-electron chi connectivity index (χ0n) is 12.4. The highest BCUT2D eigenvalue weighted by Crippen LogP contribution is 2.25. The zero-order chi connectivity index (χ0) is 15.4. The maximum atomic E-state index is 11.9. The third kappa shape index (κ3) is 3.11. The number of nitrogens with zero attached hydrogens (tertiary/aromatic N) is 3. The number of methoxy groups -OCH3 is 1. The van der Waals surface area contributed by atoms with Crippen LogP contribution in [0.5, 0.6) is 0 Å². The first-order valence-corrected chi connectivity index (χ1v) is 6.67. The van der Waals surface area contributed by atoms with Gasteiger partial charge >= 0.3 is 5.97 Å². The van der Waals surface area contributed by atoms with Gasteiger partial charge in [-0.3, -0.25) is 4.68 Å². The number of esters is 1. The molecule has 1 heterocycles. The minimum absolute atomic E-state index is 0.342. The van der Waals surface area contributed by atoms with Gasteiger partial charge in [0.25, 0.3) is 0 Å². The van der Waals surface area contributed by atoms with Crippen molar-refractivity contribution in [3.8, 4) is 17.3 Å². The van der Waals surface area contributed by atoms with Gasteiger partial charge in [-0.15, -0.1) is 0 Å². The molecular weight excluding hydrogens is 266 g/mol. The molecule has 0 saturated carbocycles. The average molecular weight is 283 g/mol. The van der Waals surface area contributed by atoms with E-state index < -0.39 is 5.97 Å². The molecule has 0 aliphatic heterocycles. The van der Waals surface area contributed by atoms with Gasteiger partial charge in [0, 0.05) is 11.8 Å². The molecule has 0 atom stereocenters. The molecule has 0 amide bonds. The molecule has 1 aromatic carbocycles. The van der Waals surface area contributed by atoms with Crippen LogP contribution in [0.4, 0.5) is 0 Å². The molecule has 5 nitrogen and oxygen atoms in total. The van der Waals surface area contributed by atoms with Crippen molar-refractivity contribution >= 4 is 5.97 Å². The fraction of sp³-hybridized carbons (Fsp3) is 0.312. The minimum Gasteiger partial charge on any atom is -0.465 e. The Hall–Kier alpha value is -2.61. The third-order valence-electron chi connectivity index (χ3n) is 3.40. The molecule has 0 saturated heterocycles. The maximum Gasteiger partial charge on any atom is 0.341 e. The number of ether oxygens (including phenoxy) is 1. The molecule has 0 N–H and O–H groups in total. The summed E-state index contributed by atoms with van der Waals surface area (Å²) in [5.74, 6) is -0.425. The molecule has 0 spiro atoms. The van der Waals surface area contributed by atoms with Crippen molar-refractivity contribution in [3.05, 3.63) is 41.1 Å². The van der Waals surface area contributed by atoms with E-state index in [0.717, 1.165) is 11.1 Å². The van der Waals surface area contributed by atoms with Crippen LogP contribution < -0.4 is 0 Å². The Morgan fingerprint density at radius 3 is 2.76 bits per heavy atom. The quantitative estimate of drug-likeness (QED) is 0.809. The number of hydrogen-bond acceptors (Lipinski definition) is 4. The standard InChI is InChI=1S/C16H17N3O2/c1-11-5-6-13(9-12(11)2)15-14(16(20)21-3)10-19(18-15)8-4-7-17/h5-6,9-10H,4,8H2,1-3H3. The van der Waals surface area contributed by atoms with E-state index >= 15 is 0 Å². The zero-order valence-corrected chi connectivity index (χ0v) is 12.4. The molecular formula is C16H17N3O2. The second-order valence-electron chi connectivity index (χ2n) is 4.85. The molecule has 0 aliphatic rings. The van der Waals surface area contributed by atoms with Crippen molar-refractivity contribution < 1.29 is 9.53 Å². The lowest BCUT2D eigenvalue weighted by Crippen LogP contribution is -2.01. The molecule has 1 aromatic heterocycles. The number of benzene rings is 1. The monoisotopic (exact) mass is 283 g/mol. The summed E-state index contributed by atoms with van der Waals surface area (Å²) in [7, 11) is 1.35. The third-order valence-corrected chi connectivity index (χ3v) is 3.40. The first-order chi connectivity index (χ1) is 10.1. The van der Waals surface area contributed by atoms with Crippen molar-refractivity contribution in [3.63, 3.8) is 0 Å². The first kappa shape index (κ1) is 14.8. The van der Waals surface area contributed by atoms with E-state index in [-0.39, 0.29) is 0 Å². The van der Waals surface area contributed by atoms with E-state index in [1.54, 1.807) is 10.9 Å². The largest absolute Gasteiger partial charge is 0.465 e. The molecule has 0 bridgehead atoms. The van der Waals surface area contributed by atoms with E-state index in [1.165, 1.54) is 12.7 Å². The highest BCUT2D eigenvalue weighted by Gasteiger charge is 2.18. The number of aromatic nitrogens is 2. The van der Waals surface area contributed by atoms with Crippen LogP contribution >= 0.6 is 0 Å². The van der Waals surface area contributed by atoms with Gasteiger partial charge in [0.15, 0.2) is 0 Å². The highest BCUT2D eigenvalue weighted by molar-refractivity contribution is 5.96. The smallest absolute Gasteiger partial charge is 0.341 e. The summed E-state index contributed by atoms with van der Waals surface area (Å²) in [5.41, 5.74) is 4.19. The fourth-order valence-corrected chi connectivity index (χ4v) is 2.06. The lowest BCUT2D eigenvalue weighted by molar-refractivity contribution is 0.0601. The van der Waals surface area contributed by atoms with Crippen LogP contribution in [-0.4, -0.2) is 22.9 Å². The summed E-state index contributed by atoms with van der Waals surface area (Å²) < 4.78 is 6.42. The van der Waals surface area contributed by atoms with Crippen LogP contribution in [0.3, 0.4) is 0 Å². The minimum atomic E-state index is -0.425. The summed E-state index contributed by atoms with van der Waals surface area (Å²) in [5, 5.41) is 13.1. The molecule has 0 aliphatic carbocycles. The Morgan fingerprint density at radius 2 is 2.14 bits per heavy atom. The molecule has 0 fully saturated rings. The topological polar surface area (TPSA) is 67.9 Å². The van der Waals surface area contributed by atoms with Crippen molar-refractivity contribution in [2.75, 3.05) is 7.11 Å². The van der Waals surface area contributed by atoms with Gasteiger partial charge in [0.2, 0.25) is 0 Å². The molecule has 21 heavy (non-hydrogen) atoms. The molecule has 5 heteroatoms. The summed E-state index contributed by atoms with van der Waals surface area (Å²) in [6, 6.07) is 8.00. The Kier molecular flexibility index (Phi) is 4.39. The predicted molar refractivity (Wildman–Crippen MR) is 78.7 cm³/mol. The van der Waals surface area contributed by atoms with E-state index in [2.05, 4.69) is 11.2 Å². The number of rotatable bonds is 4. The first-order valence-electron chi connectivity index (χ1n) is 6.67. The Bertz CT molecular complexity index is 711. The van der Waals surface area contributed by atoms with Crippen LogP contribution in [0.25, 0.3) is 11.3 Å². The van der Waals surface area contributed by atoms with Crippen molar-refractivity contribution in [1.29, 1.82) is 5.26 Å². The van der Waals surface area contributed by atoms with Gasteiger partial charge in [-0.2, -0.15) is 10.4 Å². The normalized spacial score (nSPS) is 10.2. The fourth-order valence-electron chi connectivity index (χ4n) is 2.06. The maximum absolute atomic E-state index is 11.9. The lowest BCUT2D eigenvalue weighted by Gasteiger charge is -2.04. The summed E-state index contributed by atoms with van der Waals surface area (Å²) in [6.07, 6.45) is 1.97. The van der Waals surface area contributed by atoms with Gasteiger partial charge in [0.05, 0.1) is 26.1 Å². The SMILES string of the molecule is COC(=O)c1cn(CCC#N)nc1-c1ccc(C)c(C)c1. The Morgan fingerprint density at radius 1 is 1.38 bits per heavy atom. The van der Waals surface area contributed by atoms with Crippen LogP contribution in [0, 0.1) is 25.2 Å². The predicted octanol–water partition coefficient (Wildman–Crippen LogP) is 2.87. The number of carbonyl (C=O) groups is 1. The van der Waals surface area contributed by atoms with E-state index in [1.807, 2.05) is 32.0 Å². The van der Waals surface area contributed by atoms with Crippen molar-refractivity contribution in [1.82, 2.24) is 9.78 Å². The molecule has 0 unspecified atom stereocenters. The summed E-state index contributed by atoms with van der Waals surface area (Å²) in [6.45, 7) is 4.50. The number of aryl methyl sites for hydroxylation is 3. The van der Waals surface area contributed by atoms with Crippen LogP contribution in [-0.2, 0) is 11.3 Å². The van der Waals surface area contributed by atoms with Gasteiger partial charge in [-0.1, -0.05) is 12.1 Å². The van der Waals surface area contributed by atoms with Gasteiger partial charge in [-0.25, -0.2) is 4.79 Å². The molecule has 0 radical (unpaired) electrons. The summed E-state index contributed by atoms with van der Waals surface area (Å²) in [4.78, 5) is 11.9. The van der Waals surface area contributed by atoms with Crippen LogP contribution in [0.2, 0.25) is 0 Å². The van der Waals surface area contributed by atoms with Gasteiger partial charge < -0.3 is 4.74 Å². The number of carbonyl (C=O) groups excluding carboxylic acids is 1. The second kappa shape index (κ2) is 6.23. The Balaban J connectivity index is 2.49. The van der Waals surface area contributed by atoms with E-state index in [4.69, 9.17) is 10.00 Å². The van der Waals surface area contributed by atoms with E-state index in [0.29, 0.717) is 24.2 Å². The van der Waals surface area contributed by atoms with Gasteiger partial charge in [-0.05, 0) is 31.0 Å². The van der Waals surface area contributed by atoms with Crippen molar-refractivity contribution in [2.24, 2.45) is 0 Å². The number of nitriles is 1. The summed E-state index contributed by atoms with van der Waals surface area (Å²) >= 11 is 0. The molecule has 2 aromatic rings. The average Bonchev–Trinajstić information content (AvgIpc) is 2.91. The molecule has 2 rings (SSSR count). The van der Waals surface area contributed by atoms with Crippen molar-refractivity contribution in [2.45, 2.75) is 26.8 Å².